The van der Waals surface area contributed by atoms with Crippen molar-refractivity contribution in [3.63, 3.8) is 0 Å². The fourth-order valence-corrected chi connectivity index (χ4v) is 6.18. The first-order valence-electron chi connectivity index (χ1n) is 13.3. The van der Waals surface area contributed by atoms with E-state index >= 15 is 0 Å². The molecule has 1 amide bonds. The third-order valence-corrected chi connectivity index (χ3v) is 8.27. The minimum Gasteiger partial charge on any atom is -0.353 e. The zero-order chi connectivity index (χ0) is 26.0. The monoisotopic (exact) mass is 500 g/mol. The molecule has 2 fully saturated rings. The third-order valence-electron chi connectivity index (χ3n) is 8.27. The highest BCUT2D eigenvalue weighted by molar-refractivity contribution is 5.90. The van der Waals surface area contributed by atoms with Crippen LogP contribution in [0.1, 0.15) is 49.3 Å². The van der Waals surface area contributed by atoms with E-state index in [4.69, 9.17) is 4.98 Å². The number of anilines is 1. The molecule has 0 radical (unpaired) electrons. The molecule has 2 aliphatic rings. The average Bonchev–Trinajstić information content (AvgIpc) is 3.65. The van der Waals surface area contributed by atoms with Crippen LogP contribution in [-0.2, 0) is 4.79 Å². The highest BCUT2D eigenvalue weighted by Crippen LogP contribution is 2.39. The molecule has 0 aliphatic carbocycles. The molecule has 2 saturated heterocycles. The van der Waals surface area contributed by atoms with Crippen molar-refractivity contribution in [3.05, 3.63) is 41.3 Å². The summed E-state index contributed by atoms with van der Waals surface area (Å²) < 4.78 is 1.86. The highest BCUT2D eigenvalue weighted by Gasteiger charge is 2.45. The van der Waals surface area contributed by atoms with Crippen LogP contribution in [-0.4, -0.2) is 86.1 Å². The number of H-pyrrole nitrogens is 1. The minimum atomic E-state index is 0.275. The van der Waals surface area contributed by atoms with Gasteiger partial charge >= 0.3 is 0 Å². The van der Waals surface area contributed by atoms with E-state index in [1.165, 1.54) is 11.1 Å². The van der Waals surface area contributed by atoms with Gasteiger partial charge < -0.3 is 19.7 Å². The number of carbonyl (C=O) groups excluding carboxylic acids is 1. The Balaban J connectivity index is 1.34. The van der Waals surface area contributed by atoms with Crippen LogP contribution in [0, 0.1) is 13.8 Å². The summed E-state index contributed by atoms with van der Waals surface area (Å²) in [5.41, 5.74) is 8.76. The predicted octanol–water partition coefficient (Wildman–Crippen LogP) is 3.75. The molecule has 0 saturated carbocycles. The number of nitrogens with one attached hydrogen (secondary N) is 1. The molecule has 9 heteroatoms. The topological polar surface area (TPSA) is 85.7 Å². The van der Waals surface area contributed by atoms with Gasteiger partial charge in [0.1, 0.15) is 12.1 Å². The maximum Gasteiger partial charge on any atom is 0.224 e. The van der Waals surface area contributed by atoms with Crippen molar-refractivity contribution in [2.45, 2.75) is 58.5 Å². The van der Waals surface area contributed by atoms with Crippen LogP contribution in [0.5, 0.6) is 0 Å². The Kier molecular flexibility index (Phi) is 5.71. The van der Waals surface area contributed by atoms with Crippen LogP contribution in [0.25, 0.3) is 27.9 Å². The Morgan fingerprint density at radius 2 is 1.97 bits per heavy atom. The van der Waals surface area contributed by atoms with Gasteiger partial charge in [0.15, 0.2) is 5.65 Å². The number of aryl methyl sites for hydroxylation is 1. The lowest BCUT2D eigenvalue weighted by Crippen LogP contribution is -2.49. The number of hydrogen-bond acceptors (Lipinski definition) is 6. The first-order valence-corrected chi connectivity index (χ1v) is 13.3. The lowest BCUT2D eigenvalue weighted by atomic mass is 9.95. The van der Waals surface area contributed by atoms with Gasteiger partial charge in [0.05, 0.1) is 28.8 Å². The van der Waals surface area contributed by atoms with Crippen molar-refractivity contribution in [1.82, 2.24) is 34.4 Å². The Labute approximate surface area is 217 Å². The van der Waals surface area contributed by atoms with Crippen molar-refractivity contribution < 1.29 is 4.79 Å². The Morgan fingerprint density at radius 3 is 2.68 bits per heavy atom. The number of carbonyl (C=O) groups is 1. The standard InChI is InChI=1S/C28H36N8O/c1-16(2)25-26(21-14-36-28(29-15-30-36)18(4)17(21)3)31-22-7-8-23(32-27(22)25)34-12-20-11-19(34)13-35(20)24(37)9-10-33(5)6/h7-8,14-16,19-20,31H,9-13H2,1-6H3/t19-,20-/m1/s1. The molecule has 9 nitrogen and oxygen atoms in total. The summed E-state index contributed by atoms with van der Waals surface area (Å²) in [5, 5.41) is 4.40. The maximum absolute atomic E-state index is 12.8. The van der Waals surface area contributed by atoms with Crippen LogP contribution >= 0.6 is 0 Å². The molecule has 2 atom stereocenters. The van der Waals surface area contributed by atoms with Crippen molar-refractivity contribution in [3.8, 4) is 11.3 Å². The van der Waals surface area contributed by atoms with Crippen LogP contribution in [0.4, 0.5) is 5.82 Å². The fourth-order valence-electron chi connectivity index (χ4n) is 6.18. The van der Waals surface area contributed by atoms with E-state index in [9.17, 15) is 4.79 Å². The number of piperazine rings is 1. The summed E-state index contributed by atoms with van der Waals surface area (Å²) in [4.78, 5) is 32.7. The molecule has 4 aromatic rings. The van der Waals surface area contributed by atoms with Crippen molar-refractivity contribution in [2.75, 3.05) is 38.6 Å². The van der Waals surface area contributed by atoms with Gasteiger partial charge in [-0.25, -0.2) is 14.5 Å². The number of pyridine rings is 2. The second-order valence-corrected chi connectivity index (χ2v) is 11.3. The number of aromatic amines is 1. The molecule has 1 N–H and O–H groups in total. The van der Waals surface area contributed by atoms with Gasteiger partial charge in [-0.05, 0) is 63.5 Å². The Bertz CT molecular complexity index is 1500. The molecule has 4 aromatic heterocycles. The summed E-state index contributed by atoms with van der Waals surface area (Å²) in [7, 11) is 4.03. The number of amides is 1. The highest BCUT2D eigenvalue weighted by atomic mass is 16.2. The zero-order valence-corrected chi connectivity index (χ0v) is 22.6. The molecular formula is C28H36N8O. The van der Waals surface area contributed by atoms with E-state index < -0.39 is 0 Å². The smallest absolute Gasteiger partial charge is 0.224 e. The third kappa shape index (κ3) is 3.87. The summed E-state index contributed by atoms with van der Waals surface area (Å²) >= 11 is 0. The van der Waals surface area contributed by atoms with E-state index in [0.29, 0.717) is 12.5 Å². The summed E-state index contributed by atoms with van der Waals surface area (Å²) in [6.07, 6.45) is 5.29. The SMILES string of the molecule is Cc1c(-c2[nH]c3ccc(N4C[C@H]5C[C@@H]4CN5C(=O)CCN(C)C)nc3c2C(C)C)cn2ncnc2c1C. The van der Waals surface area contributed by atoms with E-state index in [0.717, 1.165) is 65.4 Å². The number of fused-ring (bicyclic) bond motifs is 4. The molecule has 2 bridgehead atoms. The van der Waals surface area contributed by atoms with Gasteiger partial charge in [0.25, 0.3) is 0 Å². The number of aromatic nitrogens is 5. The number of rotatable bonds is 6. The van der Waals surface area contributed by atoms with Gasteiger partial charge in [-0.15, -0.1) is 0 Å². The number of likely N-dealkylation sites (tertiary alicyclic amines) is 1. The predicted molar refractivity (Wildman–Crippen MR) is 146 cm³/mol. The van der Waals surface area contributed by atoms with Crippen molar-refractivity contribution >= 4 is 28.4 Å². The Hall–Kier alpha value is -3.46. The first-order chi connectivity index (χ1) is 17.7. The quantitative estimate of drug-likeness (QED) is 0.434. The second-order valence-electron chi connectivity index (χ2n) is 11.3. The number of hydrogen-bond donors (Lipinski definition) is 1. The van der Waals surface area contributed by atoms with E-state index in [1.54, 1.807) is 6.33 Å². The summed E-state index contributed by atoms with van der Waals surface area (Å²) in [6.45, 7) is 11.2. The van der Waals surface area contributed by atoms with Gasteiger partial charge in [0, 0.05) is 43.4 Å². The van der Waals surface area contributed by atoms with Crippen molar-refractivity contribution in [1.29, 1.82) is 0 Å². The minimum absolute atomic E-state index is 0.275. The Morgan fingerprint density at radius 1 is 1.16 bits per heavy atom. The van der Waals surface area contributed by atoms with Crippen LogP contribution in [0.15, 0.2) is 24.7 Å². The summed E-state index contributed by atoms with van der Waals surface area (Å²) in [6, 6.07) is 4.90. The molecular weight excluding hydrogens is 464 g/mol. The first kappa shape index (κ1) is 23.9. The maximum atomic E-state index is 12.8. The van der Waals surface area contributed by atoms with E-state index in [2.05, 4.69) is 75.8 Å². The van der Waals surface area contributed by atoms with Crippen LogP contribution < -0.4 is 4.90 Å². The average molecular weight is 501 g/mol. The van der Waals surface area contributed by atoms with E-state index in [-0.39, 0.29) is 17.9 Å². The largest absolute Gasteiger partial charge is 0.353 e. The lowest BCUT2D eigenvalue weighted by Gasteiger charge is -2.35. The van der Waals surface area contributed by atoms with Gasteiger partial charge in [0.2, 0.25) is 5.91 Å². The van der Waals surface area contributed by atoms with Crippen LogP contribution in [0.3, 0.4) is 0 Å². The zero-order valence-electron chi connectivity index (χ0n) is 22.6. The molecule has 2 aliphatic heterocycles. The molecule has 0 aromatic carbocycles. The molecule has 37 heavy (non-hydrogen) atoms. The molecule has 6 heterocycles. The van der Waals surface area contributed by atoms with Crippen molar-refractivity contribution in [2.24, 2.45) is 0 Å². The molecule has 0 spiro atoms. The molecule has 0 unspecified atom stereocenters. The molecule has 194 valence electrons. The van der Waals surface area contributed by atoms with Gasteiger partial charge in [-0.1, -0.05) is 13.8 Å². The van der Waals surface area contributed by atoms with Crippen LogP contribution in [0.2, 0.25) is 0 Å². The lowest BCUT2D eigenvalue weighted by molar-refractivity contribution is -0.132. The van der Waals surface area contributed by atoms with E-state index in [1.807, 2.05) is 18.6 Å². The van der Waals surface area contributed by atoms with Gasteiger partial charge in [-0.3, -0.25) is 4.79 Å². The second kappa shape index (κ2) is 8.83. The molecule has 6 rings (SSSR count). The normalized spacial score (nSPS) is 19.5. The van der Waals surface area contributed by atoms with Gasteiger partial charge in [-0.2, -0.15) is 5.10 Å². The summed E-state index contributed by atoms with van der Waals surface area (Å²) in [5.74, 6) is 1.57. The number of nitrogens with zero attached hydrogens (tertiary/aromatic N) is 7. The fraction of sp³-hybridized carbons (Fsp3) is 0.500.